The van der Waals surface area contributed by atoms with Gasteiger partial charge in [0.05, 0.1) is 19.4 Å². The van der Waals surface area contributed by atoms with E-state index in [1.165, 1.54) is 43.0 Å². The topological polar surface area (TPSA) is 295 Å². The van der Waals surface area contributed by atoms with Crippen molar-refractivity contribution in [2.24, 2.45) is 17.8 Å². The lowest BCUT2D eigenvalue weighted by atomic mass is 9.75. The van der Waals surface area contributed by atoms with E-state index in [-0.39, 0.29) is 40.0 Å². The average Bonchev–Trinajstić information content (AvgIpc) is 0.968. The molecule has 12 aromatic rings. The van der Waals surface area contributed by atoms with Gasteiger partial charge in [0.1, 0.15) is 50.1 Å². The van der Waals surface area contributed by atoms with E-state index in [0.29, 0.717) is 83.5 Å². The lowest BCUT2D eigenvalue weighted by Gasteiger charge is -2.36. The molecule has 3 atom stereocenters. The predicted molar refractivity (Wildman–Crippen MR) is 373 cm³/mol. The van der Waals surface area contributed by atoms with Crippen molar-refractivity contribution in [2.45, 2.75) is 65.0 Å². The van der Waals surface area contributed by atoms with Gasteiger partial charge in [0.25, 0.3) is 17.6 Å². The number of hydrogen-bond donors (Lipinski definition) is 3. The number of aryl methyl sites for hydroxylation is 2. The van der Waals surface area contributed by atoms with E-state index in [1.54, 1.807) is 98.8 Å². The van der Waals surface area contributed by atoms with Crippen molar-refractivity contribution in [3.05, 3.63) is 260 Å². The minimum Gasteiger partial charge on any atom is -0.493 e. The van der Waals surface area contributed by atoms with Crippen LogP contribution in [-0.2, 0) is 4.74 Å². The highest BCUT2D eigenvalue weighted by atomic mass is 79.9. The van der Waals surface area contributed by atoms with Crippen LogP contribution in [0.15, 0.2) is 204 Å². The highest BCUT2D eigenvalue weighted by Crippen LogP contribution is 2.37. The number of para-hydroxylation sites is 3. The number of rotatable bonds is 11. The van der Waals surface area contributed by atoms with E-state index < -0.39 is 45.4 Å². The van der Waals surface area contributed by atoms with E-state index >= 15 is 0 Å². The normalized spacial score (nSPS) is 13.9. The Labute approximate surface area is 568 Å². The van der Waals surface area contributed by atoms with Gasteiger partial charge in [0.2, 0.25) is 10.8 Å². The maximum atomic E-state index is 12.6. The molecule has 3 unspecified atom stereocenters. The number of amides is 2. The fourth-order valence-corrected chi connectivity index (χ4v) is 12.6. The maximum absolute atomic E-state index is 12.6. The Bertz CT molecular complexity index is 5340. The Morgan fingerprint density at radius 1 is 0.680 bits per heavy atom. The van der Waals surface area contributed by atoms with Crippen LogP contribution in [0.1, 0.15) is 92.7 Å². The molecule has 0 bridgehead atoms. The summed E-state index contributed by atoms with van der Waals surface area (Å²) >= 11 is 5.37. The molecule has 1 fully saturated rings. The molecule has 488 valence electrons. The molecule has 0 spiro atoms. The average molecular weight is 1400 g/mol. The van der Waals surface area contributed by atoms with Crippen LogP contribution in [0.3, 0.4) is 0 Å². The number of H-pyrrole nitrogens is 1. The number of imidazole rings is 1. The quantitative estimate of drug-likeness (QED) is 0.0469. The molecule has 1 saturated carbocycles. The monoisotopic (exact) mass is 1400 g/mol. The van der Waals surface area contributed by atoms with E-state index in [9.17, 15) is 38.4 Å². The smallest absolute Gasteiger partial charge is 0.351 e. The number of esters is 1. The van der Waals surface area contributed by atoms with Crippen LogP contribution in [0, 0.1) is 44.7 Å². The molecule has 0 aliphatic heterocycles. The van der Waals surface area contributed by atoms with Gasteiger partial charge in [-0.1, -0.05) is 129 Å². The van der Waals surface area contributed by atoms with Gasteiger partial charge in [-0.25, -0.2) is 38.8 Å². The molecule has 2 amide bonds. The van der Waals surface area contributed by atoms with Crippen LogP contribution >= 0.6 is 39.0 Å². The highest BCUT2D eigenvalue weighted by molar-refractivity contribution is 9.10. The van der Waals surface area contributed by atoms with Crippen molar-refractivity contribution >= 4 is 128 Å². The number of ether oxygens (including phenoxy) is 2. The summed E-state index contributed by atoms with van der Waals surface area (Å²) in [6.07, 6.45) is 4.22. The number of carbonyl (C=O) groups is 4. The zero-order valence-corrected chi connectivity index (χ0v) is 55.8. The number of benzene rings is 5. The lowest BCUT2D eigenvalue weighted by Crippen LogP contribution is -2.36. The third-order valence-electron chi connectivity index (χ3n) is 15.4. The first-order valence-electron chi connectivity index (χ1n) is 29.9. The Balaban J connectivity index is 0.000000141. The zero-order valence-electron chi connectivity index (χ0n) is 52.6. The van der Waals surface area contributed by atoms with Gasteiger partial charge in [-0.2, -0.15) is 0 Å². The number of thiazole rings is 1. The van der Waals surface area contributed by atoms with Gasteiger partial charge >= 0.3 is 28.5 Å². The third-order valence-corrected chi connectivity index (χ3v) is 17.5. The first-order valence-corrected chi connectivity index (χ1v) is 32.4. The number of nitrogens with one attached hydrogen (secondary N) is 3. The van der Waals surface area contributed by atoms with Gasteiger partial charge in [0.15, 0.2) is 28.6 Å². The number of pyridine rings is 1. The van der Waals surface area contributed by atoms with Gasteiger partial charge in [-0.05, 0) is 128 Å². The van der Waals surface area contributed by atoms with Crippen LogP contribution in [0.25, 0.3) is 64.8 Å². The van der Waals surface area contributed by atoms with Crippen molar-refractivity contribution in [1.82, 2.24) is 19.9 Å². The fourth-order valence-electron chi connectivity index (χ4n) is 10.6. The number of aromatic amines is 1. The molecule has 1 aliphatic rings. The van der Waals surface area contributed by atoms with Crippen molar-refractivity contribution in [2.75, 3.05) is 17.7 Å². The number of thioether (sulfide) groups is 1. The molecule has 22 nitrogen and oxygen atoms in total. The standard InChI is InChI=1S/C20H14N2O4S.C20H24O4.C18H12N2O3S.C14H7BrN4O3/c1-25-16-9-5-8-13-10-14(19(24)26-17(13)16)18(23)22-20-21-15(11-27-20)12-6-3-2-4-7-12;1-12(2)15-9-8-13(3)10-18(15)24-20(22)16-11-14-6-4-5-7-17(14)23-19(16)21;1-10-8-11(2)20-16(15(10)19-3)24-18(22)13-9-12-6-4-5-7-14(12)23-17(13)21;1-16-11-12(18-6-17-11)19-13(20)9-5-7-4-8(15)2-3-10(7)22-14(9)21/h2-11H,1H3,(H,21,22,23);4-7,11-13,15,18H,8-10H2,1-3H3;4-9H,1-2H3;2-6H,(H,17,18)(H,19,20). The highest BCUT2D eigenvalue weighted by Gasteiger charge is 2.34. The van der Waals surface area contributed by atoms with Crippen molar-refractivity contribution in [1.29, 1.82) is 0 Å². The number of hydrogen-bond acceptors (Lipinski definition) is 19. The molecule has 5 aromatic carbocycles. The second-order valence-corrected chi connectivity index (χ2v) is 25.2. The summed E-state index contributed by atoms with van der Waals surface area (Å²) in [6, 6.07) is 41.9. The molecule has 1 aliphatic carbocycles. The van der Waals surface area contributed by atoms with Crippen LogP contribution in [0.2, 0.25) is 0 Å². The van der Waals surface area contributed by atoms with Crippen LogP contribution < -0.4 is 37.9 Å². The van der Waals surface area contributed by atoms with E-state index in [0.717, 1.165) is 57.7 Å². The Morgan fingerprint density at radius 2 is 1.28 bits per heavy atom. The molecular weight excluding hydrogens is 1340 g/mol. The molecular formula is C72H57BrN8O14S2. The minimum atomic E-state index is -0.757. The second kappa shape index (κ2) is 30.8. The molecule has 25 heteroatoms. The molecule has 0 radical (unpaired) electrons. The SMILES string of the molecule is CC1CCC(C(C)C)C(OC(=O)c2cc3ccccc3oc2=O)C1.COc1cccc2cc(C(=O)Nc3nc(-c4ccccc4)cs3)c(=O)oc12.[C-]#[N+]c1[nH]cnc1NC(=O)c1cc2cc(Br)ccc2oc1=O.[C-]#[N+]c1c(C)cc(C)nc1SC(=O)c1cc2ccccc2oc1=O. The van der Waals surface area contributed by atoms with Crippen LogP contribution in [0.4, 0.5) is 22.5 Å². The van der Waals surface area contributed by atoms with Crippen molar-refractivity contribution in [3.63, 3.8) is 0 Å². The summed E-state index contributed by atoms with van der Waals surface area (Å²) in [5.41, 5.74) is 1.93. The first-order chi connectivity index (χ1) is 46.7. The summed E-state index contributed by atoms with van der Waals surface area (Å²) in [6.45, 7) is 24.3. The number of fused-ring (bicyclic) bond motifs is 4. The number of halogens is 1. The number of nitrogens with zero attached hydrogens (tertiary/aromatic N) is 5. The van der Waals surface area contributed by atoms with Crippen molar-refractivity contribution < 1.29 is 46.3 Å². The maximum Gasteiger partial charge on any atom is 0.351 e. The molecule has 7 heterocycles. The summed E-state index contributed by atoms with van der Waals surface area (Å²) in [5.74, 6) is 0.0834. The van der Waals surface area contributed by atoms with E-state index in [1.807, 2.05) is 47.8 Å². The Hall–Kier alpha value is -11.4. The van der Waals surface area contributed by atoms with Crippen molar-refractivity contribution in [3.8, 4) is 17.0 Å². The summed E-state index contributed by atoms with van der Waals surface area (Å²) < 4.78 is 32.6. The number of aromatic nitrogens is 4. The number of carbonyl (C=O) groups excluding carboxylic acids is 4. The predicted octanol–water partition coefficient (Wildman–Crippen LogP) is 16.0. The molecule has 97 heavy (non-hydrogen) atoms. The summed E-state index contributed by atoms with van der Waals surface area (Å²) in [7, 11) is 1.49. The van der Waals surface area contributed by atoms with E-state index in [2.05, 4.69) is 77.0 Å². The fraction of sp³-hybridized carbons (Fsp3) is 0.181. The summed E-state index contributed by atoms with van der Waals surface area (Å²) in [5, 5.41) is 9.73. The zero-order chi connectivity index (χ0) is 69.0. The molecule has 3 N–H and O–H groups in total. The van der Waals surface area contributed by atoms with Gasteiger partial charge in [0, 0.05) is 42.7 Å². The Morgan fingerprint density at radius 3 is 1.95 bits per heavy atom. The van der Waals surface area contributed by atoms with E-state index in [4.69, 9.17) is 40.3 Å². The van der Waals surface area contributed by atoms with Gasteiger partial charge in [-0.15, -0.1) is 11.3 Å². The minimum absolute atomic E-state index is 0.0190. The van der Waals surface area contributed by atoms with Crippen LogP contribution in [0.5, 0.6) is 5.75 Å². The first kappa shape index (κ1) is 68.5. The van der Waals surface area contributed by atoms with Crippen LogP contribution in [-0.4, -0.2) is 56.0 Å². The molecule has 7 aromatic heterocycles. The Kier molecular flexibility index (Phi) is 21.7. The molecule has 13 rings (SSSR count). The second-order valence-electron chi connectivity index (χ2n) is 22.5. The summed E-state index contributed by atoms with van der Waals surface area (Å²) in [4.78, 5) is 120. The number of anilines is 2. The lowest BCUT2D eigenvalue weighted by molar-refractivity contribution is -0.0177. The molecule has 0 saturated heterocycles. The largest absolute Gasteiger partial charge is 0.493 e. The van der Waals surface area contributed by atoms with Gasteiger partial charge in [-0.3, -0.25) is 29.7 Å². The number of methoxy groups -OCH3 is 1. The third kappa shape index (κ3) is 16.4. The van der Waals surface area contributed by atoms with Gasteiger partial charge < -0.3 is 37.3 Å².